The van der Waals surface area contributed by atoms with E-state index in [1.165, 1.54) is 23.3 Å². The van der Waals surface area contributed by atoms with Crippen molar-refractivity contribution in [2.75, 3.05) is 32.5 Å². The third-order valence-corrected chi connectivity index (χ3v) is 7.75. The average molecular weight is 486 g/mol. The smallest absolute Gasteiger partial charge is 0.266 e. The summed E-state index contributed by atoms with van der Waals surface area (Å²) < 4.78 is 0. The van der Waals surface area contributed by atoms with Gasteiger partial charge in [0.15, 0.2) is 0 Å². The van der Waals surface area contributed by atoms with E-state index in [1.54, 1.807) is 0 Å². The quantitative estimate of drug-likeness (QED) is 0.363. The van der Waals surface area contributed by atoms with Gasteiger partial charge in [-0.3, -0.25) is 14.8 Å². The number of aryl methyl sites for hydroxylation is 1. The molecule has 0 bridgehead atoms. The molecule has 1 aliphatic heterocycles. The molecule has 2 N–H and O–H groups in total. The maximum Gasteiger partial charge on any atom is 0.266 e. The molecule has 1 saturated heterocycles. The summed E-state index contributed by atoms with van der Waals surface area (Å²) in [6, 6.07) is 17.0. The fourth-order valence-corrected chi connectivity index (χ4v) is 5.48. The molecule has 2 aromatic heterocycles. The summed E-state index contributed by atoms with van der Waals surface area (Å²) in [5.74, 6) is -0.0663. The summed E-state index contributed by atoms with van der Waals surface area (Å²) in [6.45, 7) is 5.00. The van der Waals surface area contributed by atoms with E-state index < -0.39 is 0 Å². The molecule has 1 fully saturated rings. The van der Waals surface area contributed by atoms with E-state index in [0.29, 0.717) is 6.04 Å². The van der Waals surface area contributed by atoms with Crippen molar-refractivity contribution in [2.24, 2.45) is 0 Å². The molecule has 35 heavy (non-hydrogen) atoms. The van der Waals surface area contributed by atoms with Crippen LogP contribution in [-0.4, -0.2) is 59.1 Å². The van der Waals surface area contributed by atoms with Crippen molar-refractivity contribution < 1.29 is 4.79 Å². The van der Waals surface area contributed by atoms with Crippen LogP contribution < -0.4 is 5.32 Å². The Morgan fingerprint density at radius 1 is 1.23 bits per heavy atom. The minimum atomic E-state index is -0.0663. The molecular weight excluding hydrogens is 454 g/mol. The maximum atomic E-state index is 13.1. The lowest BCUT2D eigenvalue weighted by Gasteiger charge is -2.21. The largest absolute Gasteiger partial charge is 0.321 e. The lowest BCUT2D eigenvalue weighted by molar-refractivity contribution is 0.103. The van der Waals surface area contributed by atoms with Crippen molar-refractivity contribution in [1.82, 2.24) is 20.0 Å². The van der Waals surface area contributed by atoms with E-state index in [2.05, 4.69) is 63.7 Å². The highest BCUT2D eigenvalue weighted by Gasteiger charge is 2.24. The number of hydrogen-bond acceptors (Lipinski definition) is 5. The van der Waals surface area contributed by atoms with Gasteiger partial charge in [-0.05, 0) is 73.8 Å². The lowest BCUT2D eigenvalue weighted by atomic mass is 10.1. The molecule has 0 saturated carbocycles. The number of anilines is 1. The molecule has 1 atom stereocenters. The van der Waals surface area contributed by atoms with Crippen molar-refractivity contribution in [3.63, 3.8) is 0 Å². The molecule has 1 aliphatic rings. The number of likely N-dealkylation sites (tertiary alicyclic amines) is 1. The zero-order valence-electron chi connectivity index (χ0n) is 20.4. The minimum Gasteiger partial charge on any atom is -0.321 e. The molecule has 2 aromatic carbocycles. The highest BCUT2D eigenvalue weighted by atomic mass is 32.1. The Labute approximate surface area is 210 Å². The summed E-state index contributed by atoms with van der Waals surface area (Å²) >= 11 is 1.47. The number of fused-ring (bicyclic) bond motifs is 1. The molecule has 3 heterocycles. The molecule has 5 rings (SSSR count). The molecule has 4 aromatic rings. The molecule has 1 amide bonds. The van der Waals surface area contributed by atoms with Gasteiger partial charge < -0.3 is 10.2 Å². The van der Waals surface area contributed by atoms with Crippen LogP contribution in [0.15, 0.2) is 53.9 Å². The Morgan fingerprint density at radius 2 is 2.09 bits per heavy atom. The van der Waals surface area contributed by atoms with E-state index in [9.17, 15) is 4.79 Å². The third kappa shape index (κ3) is 5.22. The van der Waals surface area contributed by atoms with Gasteiger partial charge >= 0.3 is 0 Å². The van der Waals surface area contributed by atoms with Crippen molar-refractivity contribution in [3.8, 4) is 0 Å². The minimum absolute atomic E-state index is 0.0663. The van der Waals surface area contributed by atoms with E-state index in [-0.39, 0.29) is 5.91 Å². The van der Waals surface area contributed by atoms with Gasteiger partial charge in [-0.1, -0.05) is 36.4 Å². The Morgan fingerprint density at radius 3 is 2.86 bits per heavy atom. The number of nitrogens with zero attached hydrogens (tertiary/aromatic N) is 3. The van der Waals surface area contributed by atoms with Gasteiger partial charge in [0, 0.05) is 36.7 Å². The van der Waals surface area contributed by atoms with Crippen LogP contribution >= 0.6 is 11.3 Å². The molecule has 0 spiro atoms. The lowest BCUT2D eigenvalue weighted by Crippen LogP contribution is -2.31. The first-order valence-corrected chi connectivity index (χ1v) is 12.8. The fraction of sp³-hybridized carbons (Fsp3) is 0.286. The number of likely N-dealkylation sites (N-methyl/N-ethyl adjacent to an activating group) is 1. The van der Waals surface area contributed by atoms with Crippen molar-refractivity contribution in [3.05, 3.63) is 81.2 Å². The van der Waals surface area contributed by atoms with E-state index in [4.69, 9.17) is 0 Å². The van der Waals surface area contributed by atoms with Gasteiger partial charge in [-0.2, -0.15) is 5.10 Å². The summed E-state index contributed by atoms with van der Waals surface area (Å²) in [6.07, 6.45) is 5.22. The monoisotopic (exact) mass is 485 g/mol. The molecule has 180 valence electrons. The predicted octanol–water partition coefficient (Wildman–Crippen LogP) is 5.49. The first-order chi connectivity index (χ1) is 17.0. The van der Waals surface area contributed by atoms with Crippen molar-refractivity contribution >= 4 is 46.0 Å². The maximum absolute atomic E-state index is 13.1. The topological polar surface area (TPSA) is 64.3 Å². The van der Waals surface area contributed by atoms with E-state index in [1.807, 2.05) is 48.7 Å². The number of thiophene rings is 1. The third-order valence-electron chi connectivity index (χ3n) is 6.74. The van der Waals surface area contributed by atoms with Gasteiger partial charge in [0.25, 0.3) is 5.91 Å². The van der Waals surface area contributed by atoms with Crippen LogP contribution in [0.4, 0.5) is 5.69 Å². The van der Waals surface area contributed by atoms with Gasteiger partial charge in [-0.25, -0.2) is 0 Å². The van der Waals surface area contributed by atoms with Crippen LogP contribution in [0.5, 0.6) is 0 Å². The van der Waals surface area contributed by atoms with E-state index in [0.717, 1.165) is 57.9 Å². The van der Waals surface area contributed by atoms with Crippen LogP contribution in [0, 0.1) is 6.92 Å². The highest BCUT2D eigenvalue weighted by molar-refractivity contribution is 7.12. The van der Waals surface area contributed by atoms with Crippen LogP contribution in [0.3, 0.4) is 0 Å². The number of carbonyl (C=O) groups is 1. The van der Waals surface area contributed by atoms with Crippen LogP contribution in [0.1, 0.15) is 38.5 Å². The SMILES string of the molecule is Cc1ccsc1C(=O)Nc1cc(CN2CCC(N(C)C)C2)ccc1/C=C/c1n[nH]c2ccccc12. The second kappa shape index (κ2) is 10.2. The second-order valence-electron chi connectivity index (χ2n) is 9.44. The summed E-state index contributed by atoms with van der Waals surface area (Å²) in [5, 5.41) is 13.7. The number of rotatable bonds is 7. The molecule has 0 aliphatic carbocycles. The molecule has 6 nitrogen and oxygen atoms in total. The average Bonchev–Trinajstić information content (AvgIpc) is 3.58. The zero-order valence-corrected chi connectivity index (χ0v) is 21.2. The first-order valence-electron chi connectivity index (χ1n) is 12.0. The summed E-state index contributed by atoms with van der Waals surface area (Å²) in [5.41, 5.74) is 5.85. The molecular formula is C28H31N5OS. The van der Waals surface area contributed by atoms with Crippen molar-refractivity contribution in [1.29, 1.82) is 0 Å². The number of hydrogen-bond donors (Lipinski definition) is 2. The van der Waals surface area contributed by atoms with Crippen molar-refractivity contribution in [2.45, 2.75) is 25.9 Å². The molecule has 7 heteroatoms. The Balaban J connectivity index is 1.42. The number of carbonyl (C=O) groups excluding carboxylic acids is 1. The first kappa shape index (κ1) is 23.5. The zero-order chi connectivity index (χ0) is 24.4. The summed E-state index contributed by atoms with van der Waals surface area (Å²) in [4.78, 5) is 18.6. The Hall–Kier alpha value is -3.26. The summed E-state index contributed by atoms with van der Waals surface area (Å²) in [7, 11) is 4.30. The van der Waals surface area contributed by atoms with Crippen LogP contribution in [-0.2, 0) is 6.54 Å². The Bertz CT molecular complexity index is 1370. The number of H-pyrrole nitrogens is 1. The van der Waals surface area contributed by atoms with Gasteiger partial charge in [0.05, 0.1) is 16.1 Å². The highest BCUT2D eigenvalue weighted by Crippen LogP contribution is 2.26. The number of benzene rings is 2. The standard InChI is InChI=1S/C28H31N5OS/c1-19-13-15-35-27(19)28(34)29-26-16-20(17-33-14-12-22(18-33)32(2)3)8-9-21(26)10-11-25-23-6-4-5-7-24(23)30-31-25/h4-11,13,15-16,22H,12,14,17-18H2,1-3H3,(H,29,34)(H,30,31)/b11-10+. The van der Waals surface area contributed by atoms with Crippen LogP contribution in [0.2, 0.25) is 0 Å². The number of nitrogens with one attached hydrogen (secondary N) is 2. The van der Waals surface area contributed by atoms with Gasteiger partial charge in [0.1, 0.15) is 0 Å². The molecule has 0 radical (unpaired) electrons. The van der Waals surface area contributed by atoms with Crippen LogP contribution in [0.25, 0.3) is 23.1 Å². The number of aromatic nitrogens is 2. The van der Waals surface area contributed by atoms with Gasteiger partial charge in [0.2, 0.25) is 0 Å². The second-order valence-corrected chi connectivity index (χ2v) is 10.4. The fourth-order valence-electron chi connectivity index (χ4n) is 4.66. The molecule has 1 unspecified atom stereocenters. The number of aromatic amines is 1. The van der Waals surface area contributed by atoms with Gasteiger partial charge in [-0.15, -0.1) is 11.3 Å². The van der Waals surface area contributed by atoms with E-state index >= 15 is 0 Å². The Kier molecular flexibility index (Phi) is 6.81. The predicted molar refractivity (Wildman–Crippen MR) is 146 cm³/mol. The number of amides is 1. The number of para-hydroxylation sites is 1. The normalized spacial score (nSPS) is 16.6.